The number of Topliss-reactive ketones (excluding diaryl/α,β-unsaturated/α-hetero) is 2. The van der Waals surface area contributed by atoms with Gasteiger partial charge in [0.15, 0.2) is 5.78 Å². The molecule has 1 unspecified atom stereocenters. The Morgan fingerprint density at radius 2 is 1.49 bits per heavy atom. The number of hydrogen-bond donors (Lipinski definition) is 1. The van der Waals surface area contributed by atoms with Gasteiger partial charge < -0.3 is 29.3 Å². The van der Waals surface area contributed by atoms with Crippen molar-refractivity contribution in [2.45, 2.75) is 168 Å². The smallest absolute Gasteiger partial charge is 0.306 e. The van der Waals surface area contributed by atoms with Crippen LogP contribution in [0.2, 0.25) is 0 Å². The van der Waals surface area contributed by atoms with Crippen LogP contribution in [0.3, 0.4) is 0 Å². The van der Waals surface area contributed by atoms with E-state index in [1.165, 1.54) is 35.8 Å². The number of unbranched alkanes of at least 4 members (excludes halogenated alkanes) is 2. The van der Waals surface area contributed by atoms with E-state index in [4.69, 9.17) is 9.47 Å². The molecule has 0 saturated carbocycles. The summed E-state index contributed by atoms with van der Waals surface area (Å²) in [6.45, 7) is 15.9. The number of ketones is 2. The summed E-state index contributed by atoms with van der Waals surface area (Å²) in [5.74, 6) is -5.02. The second-order valence-corrected chi connectivity index (χ2v) is 19.6. The molecule has 2 heterocycles. The monoisotopic (exact) mass is 909 g/mol. The number of imide groups is 1. The first-order valence-corrected chi connectivity index (χ1v) is 24.4. The van der Waals surface area contributed by atoms with Gasteiger partial charge in [0.1, 0.15) is 5.78 Å². The van der Waals surface area contributed by atoms with Crippen LogP contribution in [0.1, 0.15) is 132 Å². The normalized spacial score (nSPS) is 20.6. The van der Waals surface area contributed by atoms with Crippen LogP contribution < -0.4 is 0 Å². The van der Waals surface area contributed by atoms with Crippen molar-refractivity contribution in [3.05, 3.63) is 0 Å². The zero-order valence-electron chi connectivity index (χ0n) is 40.6. The minimum absolute atomic E-state index is 0.0318. The number of carbonyl (C=O) groups is 8. The number of aliphatic carboxylic acids is 1. The highest BCUT2D eigenvalue weighted by Gasteiger charge is 2.44. The Bertz CT molecular complexity index is 1570. The van der Waals surface area contributed by atoms with E-state index in [-0.39, 0.29) is 96.2 Å². The third kappa shape index (κ3) is 14.8. The highest BCUT2D eigenvalue weighted by molar-refractivity contribution is 8.00. The number of methoxy groups -OCH3 is 2. The number of rotatable bonds is 29. The first kappa shape index (κ1) is 55.8. The molecule has 2 saturated heterocycles. The predicted octanol–water partition coefficient (Wildman–Crippen LogP) is 5.74. The Labute approximate surface area is 381 Å². The van der Waals surface area contributed by atoms with Crippen molar-refractivity contribution >= 4 is 58.8 Å². The van der Waals surface area contributed by atoms with E-state index in [1.807, 2.05) is 47.8 Å². The molecule has 2 rings (SSSR count). The van der Waals surface area contributed by atoms with Gasteiger partial charge in [0, 0.05) is 78.9 Å². The van der Waals surface area contributed by atoms with Crippen LogP contribution in [0.25, 0.3) is 0 Å². The fourth-order valence-corrected chi connectivity index (χ4v) is 10.2. The van der Waals surface area contributed by atoms with Crippen molar-refractivity contribution in [2.75, 3.05) is 47.7 Å². The first-order chi connectivity index (χ1) is 29.6. The molecule has 2 fully saturated rings. The van der Waals surface area contributed by atoms with Crippen LogP contribution in [0.15, 0.2) is 0 Å². The summed E-state index contributed by atoms with van der Waals surface area (Å²) in [5.41, 5.74) is 0. The van der Waals surface area contributed by atoms with Crippen molar-refractivity contribution < 1.29 is 52.9 Å². The standard InChI is InChI=1S/C47H80N4O11S/c1-14-30(7)43(37(61-11)26-40(55)50-23-19-20-34(50)44(62-12)31(8)35(52)24-32(15-2)47(59)60)49(10)45(57)33(28(3)4)25-36(53)42(29(5)6)48(9)39(54)21-17-16-18-22-51-41(56)27-38(63-13)46(51)58/h28-34,37-38,42-44H,14-27H2,1-13H3,(H,59,60)/t30-,31-,32+,33-,34-,37+,38?,42-,43-,44+/m0/s1. The lowest BCUT2D eigenvalue weighted by molar-refractivity contribution is -0.150. The second-order valence-electron chi connectivity index (χ2n) is 18.5. The Kier molecular flexibility index (Phi) is 23.5. The number of likely N-dealkylation sites (N-methyl/N-ethyl adjacent to an activating group) is 2. The third-order valence-electron chi connectivity index (χ3n) is 13.7. The number of nitrogens with zero attached hydrogens (tertiary/aromatic N) is 4. The molecule has 0 bridgehead atoms. The number of thioether (sulfide) groups is 1. The predicted molar refractivity (Wildman–Crippen MR) is 244 cm³/mol. The van der Waals surface area contributed by atoms with Gasteiger partial charge in [-0.05, 0) is 56.1 Å². The molecule has 5 amide bonds. The minimum Gasteiger partial charge on any atom is -0.481 e. The van der Waals surface area contributed by atoms with Gasteiger partial charge in [-0.2, -0.15) is 11.8 Å². The van der Waals surface area contributed by atoms with E-state index in [0.29, 0.717) is 58.0 Å². The lowest BCUT2D eigenvalue weighted by Crippen LogP contribution is -2.54. The fourth-order valence-electron chi connectivity index (χ4n) is 9.54. The average Bonchev–Trinajstić information content (AvgIpc) is 3.83. The van der Waals surface area contributed by atoms with E-state index >= 15 is 0 Å². The molecule has 1 N–H and O–H groups in total. The molecule has 0 radical (unpaired) electrons. The fraction of sp³-hybridized carbons (Fsp3) is 0.830. The number of carboxylic acids is 1. The van der Waals surface area contributed by atoms with Gasteiger partial charge in [0.2, 0.25) is 29.5 Å². The van der Waals surface area contributed by atoms with Crippen molar-refractivity contribution in [3.63, 3.8) is 0 Å². The van der Waals surface area contributed by atoms with Crippen LogP contribution in [0, 0.1) is 35.5 Å². The van der Waals surface area contributed by atoms with Crippen LogP contribution in [-0.2, 0) is 47.8 Å². The van der Waals surface area contributed by atoms with E-state index in [9.17, 15) is 43.5 Å². The molecule has 2 aliphatic heterocycles. The Hall–Kier alpha value is -3.37. The van der Waals surface area contributed by atoms with E-state index in [0.717, 1.165) is 0 Å². The molecular weight excluding hydrogens is 829 g/mol. The summed E-state index contributed by atoms with van der Waals surface area (Å²) >= 11 is 1.38. The molecule has 63 heavy (non-hydrogen) atoms. The van der Waals surface area contributed by atoms with Gasteiger partial charge in [-0.15, -0.1) is 0 Å². The number of hydrogen-bond acceptors (Lipinski definition) is 11. The lowest BCUT2D eigenvalue weighted by Gasteiger charge is -2.41. The van der Waals surface area contributed by atoms with Gasteiger partial charge in [-0.1, -0.05) is 68.2 Å². The molecular formula is C47H80N4O11S. The molecule has 16 heteroatoms. The molecule has 2 aliphatic rings. The summed E-state index contributed by atoms with van der Waals surface area (Å²) in [6, 6.07) is -1.66. The summed E-state index contributed by atoms with van der Waals surface area (Å²) in [5, 5.41) is 9.23. The molecule has 360 valence electrons. The lowest BCUT2D eigenvalue weighted by atomic mass is 9.83. The Morgan fingerprint density at radius 3 is 2.00 bits per heavy atom. The summed E-state index contributed by atoms with van der Waals surface area (Å²) in [4.78, 5) is 112. The SMILES string of the molecule is CC[C@H](CC(=O)[C@H](C)[C@@H](OC)[C@@H]1CCCN1C(=O)C[C@@H](OC)[C@H]([C@@H](C)CC)N(C)C(=O)[C@@H](CC(=O)[C@H](C(C)C)N(C)C(=O)CCCCCN1C(=O)CC(SC)C1=O)C(C)C)C(=O)O. The second kappa shape index (κ2) is 26.6. The molecule has 0 spiro atoms. The Balaban J connectivity index is 2.19. The molecule has 0 aliphatic carbocycles. The highest BCUT2D eigenvalue weighted by atomic mass is 32.2. The van der Waals surface area contributed by atoms with Gasteiger partial charge in [-0.25, -0.2) is 0 Å². The van der Waals surface area contributed by atoms with Crippen LogP contribution in [-0.4, -0.2) is 155 Å². The minimum atomic E-state index is -1.02. The quantitative estimate of drug-likeness (QED) is 0.0709. The zero-order valence-corrected chi connectivity index (χ0v) is 41.4. The van der Waals surface area contributed by atoms with Crippen LogP contribution in [0.5, 0.6) is 0 Å². The number of carboxylic acid groups (broad SMARTS) is 1. The molecule has 0 aromatic carbocycles. The maximum absolute atomic E-state index is 14.6. The number of ether oxygens (including phenoxy) is 2. The molecule has 10 atom stereocenters. The largest absolute Gasteiger partial charge is 0.481 e. The van der Waals surface area contributed by atoms with Crippen molar-refractivity contribution in [1.82, 2.24) is 19.6 Å². The summed E-state index contributed by atoms with van der Waals surface area (Å²) < 4.78 is 11.9. The molecule has 0 aromatic rings. The Morgan fingerprint density at radius 1 is 0.841 bits per heavy atom. The number of carbonyl (C=O) groups excluding carboxylic acids is 7. The van der Waals surface area contributed by atoms with Gasteiger partial charge in [0.25, 0.3) is 0 Å². The first-order valence-electron chi connectivity index (χ1n) is 23.2. The van der Waals surface area contributed by atoms with Crippen molar-refractivity contribution in [3.8, 4) is 0 Å². The van der Waals surface area contributed by atoms with Crippen LogP contribution in [0.4, 0.5) is 0 Å². The zero-order chi connectivity index (χ0) is 47.9. The van der Waals surface area contributed by atoms with Gasteiger partial charge in [0.05, 0.1) is 47.9 Å². The molecule has 0 aromatic heterocycles. The van der Waals surface area contributed by atoms with Gasteiger partial charge >= 0.3 is 5.97 Å². The van der Waals surface area contributed by atoms with E-state index in [1.54, 1.807) is 37.7 Å². The van der Waals surface area contributed by atoms with E-state index < -0.39 is 54.1 Å². The maximum atomic E-state index is 14.6. The topological polar surface area (TPSA) is 188 Å². The average molecular weight is 909 g/mol. The van der Waals surface area contributed by atoms with Crippen LogP contribution >= 0.6 is 11.8 Å². The summed E-state index contributed by atoms with van der Waals surface area (Å²) in [6.07, 6.45) is 4.84. The van der Waals surface area contributed by atoms with Crippen molar-refractivity contribution in [2.24, 2.45) is 35.5 Å². The van der Waals surface area contributed by atoms with Gasteiger partial charge in [-0.3, -0.25) is 43.3 Å². The highest BCUT2D eigenvalue weighted by Crippen LogP contribution is 2.32. The third-order valence-corrected chi connectivity index (χ3v) is 14.7. The number of amides is 5. The number of likely N-dealkylation sites (tertiary alicyclic amines) is 2. The molecule has 15 nitrogen and oxygen atoms in total. The van der Waals surface area contributed by atoms with E-state index in [2.05, 4.69) is 0 Å². The maximum Gasteiger partial charge on any atom is 0.306 e. The summed E-state index contributed by atoms with van der Waals surface area (Å²) in [7, 11) is 6.37. The van der Waals surface area contributed by atoms with Crippen molar-refractivity contribution in [1.29, 1.82) is 0 Å².